The van der Waals surface area contributed by atoms with Crippen molar-refractivity contribution in [3.63, 3.8) is 0 Å². The van der Waals surface area contributed by atoms with Crippen LogP contribution in [0.25, 0.3) is 0 Å². The molecule has 3 nitrogen and oxygen atoms in total. The Morgan fingerprint density at radius 2 is 1.80 bits per heavy atom. The molecule has 0 N–H and O–H groups in total. The Balaban J connectivity index is 2.04. The highest BCUT2D eigenvalue weighted by atomic mass is 79.9. The number of halogens is 1. The van der Waals surface area contributed by atoms with Crippen LogP contribution in [0.1, 0.15) is 31.8 Å². The van der Waals surface area contributed by atoms with E-state index in [1.807, 2.05) is 13.0 Å². The maximum Gasteiger partial charge on any atom is 0.349 e. The van der Waals surface area contributed by atoms with E-state index in [1.54, 1.807) is 37.3 Å². The highest BCUT2D eigenvalue weighted by molar-refractivity contribution is 9.10. The number of hydrogen-bond donors (Lipinski definition) is 0. The number of aryl methyl sites for hydroxylation is 1. The van der Waals surface area contributed by atoms with E-state index in [1.165, 1.54) is 11.3 Å². The van der Waals surface area contributed by atoms with E-state index in [9.17, 15) is 9.59 Å². The van der Waals surface area contributed by atoms with E-state index >= 15 is 0 Å². The minimum Gasteiger partial charge on any atom is -0.450 e. The minimum atomic E-state index is -0.800. The molecule has 0 aliphatic rings. The third-order valence-electron chi connectivity index (χ3n) is 2.72. The van der Waals surface area contributed by atoms with Gasteiger partial charge in [0.15, 0.2) is 6.10 Å². The first kappa shape index (κ1) is 14.9. The summed E-state index contributed by atoms with van der Waals surface area (Å²) in [6, 6.07) is 10.5. The van der Waals surface area contributed by atoms with Gasteiger partial charge in [0.05, 0.1) is 0 Å². The second-order valence-corrected chi connectivity index (χ2v) is 6.53. The number of ketones is 1. The molecular weight excluding hydrogens is 340 g/mol. The average molecular weight is 353 g/mol. The zero-order chi connectivity index (χ0) is 14.7. The summed E-state index contributed by atoms with van der Waals surface area (Å²) in [5.74, 6) is -0.666. The van der Waals surface area contributed by atoms with Crippen molar-refractivity contribution in [1.82, 2.24) is 0 Å². The fourth-order valence-electron chi connectivity index (χ4n) is 1.67. The third-order valence-corrected chi connectivity index (χ3v) is 4.23. The van der Waals surface area contributed by atoms with Gasteiger partial charge in [0.25, 0.3) is 0 Å². The molecule has 1 aromatic carbocycles. The molecule has 2 aromatic rings. The smallest absolute Gasteiger partial charge is 0.349 e. The van der Waals surface area contributed by atoms with E-state index in [4.69, 9.17) is 4.74 Å². The van der Waals surface area contributed by atoms with Gasteiger partial charge in [-0.05, 0) is 38.1 Å². The molecule has 0 radical (unpaired) electrons. The second kappa shape index (κ2) is 6.33. The number of ether oxygens (including phenoxy) is 1. The highest BCUT2D eigenvalue weighted by Crippen LogP contribution is 2.18. The molecule has 1 heterocycles. The van der Waals surface area contributed by atoms with Crippen molar-refractivity contribution in [2.24, 2.45) is 0 Å². The van der Waals surface area contributed by atoms with Crippen LogP contribution in [0.3, 0.4) is 0 Å². The van der Waals surface area contributed by atoms with Crippen LogP contribution in [-0.4, -0.2) is 17.9 Å². The molecule has 0 saturated carbocycles. The quantitative estimate of drug-likeness (QED) is 0.610. The van der Waals surface area contributed by atoms with Crippen LogP contribution >= 0.6 is 27.3 Å². The standard InChI is InChI=1S/C15H13BrO3S/c1-9-3-8-13(20-9)15(18)19-10(2)14(17)11-4-6-12(16)7-5-11/h3-8,10H,1-2H3. The van der Waals surface area contributed by atoms with Gasteiger partial charge < -0.3 is 4.74 Å². The number of esters is 1. The summed E-state index contributed by atoms with van der Waals surface area (Å²) in [5.41, 5.74) is 0.524. The molecule has 1 aromatic heterocycles. The number of thiophene rings is 1. The van der Waals surface area contributed by atoms with Gasteiger partial charge in [0, 0.05) is 14.9 Å². The maximum absolute atomic E-state index is 12.1. The fourth-order valence-corrected chi connectivity index (χ4v) is 2.68. The first-order valence-corrected chi connectivity index (χ1v) is 7.65. The number of carbonyl (C=O) groups excluding carboxylic acids is 2. The van der Waals surface area contributed by atoms with E-state index in [2.05, 4.69) is 15.9 Å². The average Bonchev–Trinajstić information content (AvgIpc) is 2.85. The first-order chi connectivity index (χ1) is 9.47. The summed E-state index contributed by atoms with van der Waals surface area (Å²) < 4.78 is 6.10. The van der Waals surface area contributed by atoms with Crippen LogP contribution in [-0.2, 0) is 4.74 Å². The molecule has 2 rings (SSSR count). The number of hydrogen-bond acceptors (Lipinski definition) is 4. The van der Waals surface area contributed by atoms with Crippen LogP contribution in [0.4, 0.5) is 0 Å². The van der Waals surface area contributed by atoms with Gasteiger partial charge >= 0.3 is 5.97 Å². The zero-order valence-corrected chi connectivity index (χ0v) is 13.5. The van der Waals surface area contributed by atoms with Gasteiger partial charge in [-0.25, -0.2) is 4.79 Å². The van der Waals surface area contributed by atoms with Gasteiger partial charge in [-0.3, -0.25) is 4.79 Å². The highest BCUT2D eigenvalue weighted by Gasteiger charge is 2.21. The molecule has 0 bridgehead atoms. The van der Waals surface area contributed by atoms with E-state index in [0.717, 1.165) is 9.35 Å². The molecule has 104 valence electrons. The van der Waals surface area contributed by atoms with Gasteiger partial charge in [-0.15, -0.1) is 11.3 Å². The minimum absolute atomic E-state index is 0.209. The monoisotopic (exact) mass is 352 g/mol. The summed E-state index contributed by atoms with van der Waals surface area (Å²) >= 11 is 4.66. The number of Topliss-reactive ketones (excluding diaryl/α,β-unsaturated/α-hetero) is 1. The second-order valence-electron chi connectivity index (χ2n) is 4.33. The molecule has 1 atom stereocenters. The lowest BCUT2D eigenvalue weighted by atomic mass is 10.1. The maximum atomic E-state index is 12.1. The van der Waals surface area contributed by atoms with Crippen molar-refractivity contribution in [3.05, 3.63) is 56.2 Å². The van der Waals surface area contributed by atoms with Crippen LogP contribution in [0.2, 0.25) is 0 Å². The fraction of sp³-hybridized carbons (Fsp3) is 0.200. The van der Waals surface area contributed by atoms with Crippen molar-refractivity contribution in [1.29, 1.82) is 0 Å². The van der Waals surface area contributed by atoms with Gasteiger partial charge in [0.2, 0.25) is 5.78 Å². The van der Waals surface area contributed by atoms with Crippen LogP contribution in [0, 0.1) is 6.92 Å². The molecule has 0 aliphatic heterocycles. The van der Waals surface area contributed by atoms with Gasteiger partial charge in [-0.1, -0.05) is 28.1 Å². The topological polar surface area (TPSA) is 43.4 Å². The lowest BCUT2D eigenvalue weighted by molar-refractivity contribution is 0.0323. The largest absolute Gasteiger partial charge is 0.450 e. The van der Waals surface area contributed by atoms with Crippen molar-refractivity contribution in [2.45, 2.75) is 20.0 Å². The number of benzene rings is 1. The molecular formula is C15H13BrO3S. The Labute approximate surface area is 129 Å². The van der Waals surface area contributed by atoms with Crippen molar-refractivity contribution < 1.29 is 14.3 Å². The molecule has 5 heteroatoms. The summed E-state index contributed by atoms with van der Waals surface area (Å²) in [6.07, 6.45) is -0.800. The Hall–Kier alpha value is -1.46. The first-order valence-electron chi connectivity index (χ1n) is 6.04. The molecule has 0 spiro atoms. The molecule has 1 unspecified atom stereocenters. The number of carbonyl (C=O) groups is 2. The molecule has 0 aliphatic carbocycles. The molecule has 0 saturated heterocycles. The lowest BCUT2D eigenvalue weighted by Gasteiger charge is -2.11. The SMILES string of the molecule is Cc1ccc(C(=O)OC(C)C(=O)c2ccc(Br)cc2)s1. The van der Waals surface area contributed by atoms with Gasteiger partial charge in [0.1, 0.15) is 4.88 Å². The summed E-state index contributed by atoms with van der Waals surface area (Å²) in [4.78, 5) is 25.6. The Morgan fingerprint density at radius 1 is 1.15 bits per heavy atom. The predicted octanol–water partition coefficient (Wildman–Crippen LogP) is 4.25. The van der Waals surface area contributed by atoms with Crippen molar-refractivity contribution in [3.8, 4) is 0 Å². The molecule has 0 amide bonds. The van der Waals surface area contributed by atoms with E-state index in [-0.39, 0.29) is 5.78 Å². The molecule has 0 fully saturated rings. The van der Waals surface area contributed by atoms with Crippen molar-refractivity contribution >= 4 is 39.0 Å². The Kier molecular flexibility index (Phi) is 4.73. The zero-order valence-electron chi connectivity index (χ0n) is 11.1. The molecule has 20 heavy (non-hydrogen) atoms. The normalized spacial score (nSPS) is 11.9. The summed E-state index contributed by atoms with van der Waals surface area (Å²) in [6.45, 7) is 3.50. The van der Waals surface area contributed by atoms with Crippen LogP contribution < -0.4 is 0 Å². The lowest BCUT2D eigenvalue weighted by Crippen LogP contribution is -2.24. The van der Waals surface area contributed by atoms with E-state index in [0.29, 0.717) is 10.4 Å². The number of rotatable bonds is 4. The predicted molar refractivity (Wildman–Crippen MR) is 82.4 cm³/mol. The Bertz CT molecular complexity index is 631. The van der Waals surface area contributed by atoms with Crippen LogP contribution in [0.5, 0.6) is 0 Å². The van der Waals surface area contributed by atoms with Crippen molar-refractivity contribution in [2.75, 3.05) is 0 Å². The van der Waals surface area contributed by atoms with E-state index < -0.39 is 12.1 Å². The summed E-state index contributed by atoms with van der Waals surface area (Å²) in [7, 11) is 0. The third kappa shape index (κ3) is 3.55. The van der Waals surface area contributed by atoms with Gasteiger partial charge in [-0.2, -0.15) is 0 Å². The van der Waals surface area contributed by atoms with Crippen LogP contribution in [0.15, 0.2) is 40.9 Å². The summed E-state index contributed by atoms with van der Waals surface area (Å²) in [5, 5.41) is 0. The Morgan fingerprint density at radius 3 is 2.35 bits per heavy atom.